The Morgan fingerprint density at radius 2 is 1.68 bits per heavy atom. The second-order valence-electron chi connectivity index (χ2n) is 4.65. The summed E-state index contributed by atoms with van der Waals surface area (Å²) in [7, 11) is 0. The Balaban J connectivity index is 2.08. The number of rotatable bonds is 6. The van der Waals surface area contributed by atoms with Crippen molar-refractivity contribution < 1.29 is 5.11 Å². The van der Waals surface area contributed by atoms with E-state index in [4.69, 9.17) is 0 Å². The third-order valence-electron chi connectivity index (χ3n) is 3.39. The van der Waals surface area contributed by atoms with Crippen molar-refractivity contribution in [2.24, 2.45) is 0 Å². The summed E-state index contributed by atoms with van der Waals surface area (Å²) in [4.78, 5) is 0. The van der Waals surface area contributed by atoms with E-state index < -0.39 is 0 Å². The summed E-state index contributed by atoms with van der Waals surface area (Å²) in [6, 6.07) is 18.6. The minimum Gasteiger partial charge on any atom is -0.394 e. The Labute approximate surface area is 115 Å². The van der Waals surface area contributed by atoms with Gasteiger partial charge in [-0.3, -0.25) is 0 Å². The zero-order chi connectivity index (χ0) is 13.5. The molecule has 1 unspecified atom stereocenters. The van der Waals surface area contributed by atoms with Gasteiger partial charge in [0.05, 0.1) is 12.6 Å². The highest BCUT2D eigenvalue weighted by atomic mass is 16.3. The average Bonchev–Trinajstić information content (AvgIpc) is 2.49. The van der Waals surface area contributed by atoms with Crippen LogP contribution in [0.25, 0.3) is 0 Å². The van der Waals surface area contributed by atoms with Gasteiger partial charge in [0, 0.05) is 6.54 Å². The highest BCUT2D eigenvalue weighted by Gasteiger charge is 2.12. The molecule has 0 bridgehead atoms. The molecule has 2 nitrogen and oxygen atoms in total. The molecule has 2 aromatic rings. The number of nitrogens with one attached hydrogen (secondary N) is 1. The highest BCUT2D eigenvalue weighted by Crippen LogP contribution is 2.18. The molecular formula is C17H21NO. The zero-order valence-electron chi connectivity index (χ0n) is 11.3. The SMILES string of the molecule is CCc1ccccc1C(CO)NCc1ccccc1. The minimum absolute atomic E-state index is 0.00337. The maximum atomic E-state index is 9.61. The first-order valence-corrected chi connectivity index (χ1v) is 6.81. The first-order chi connectivity index (χ1) is 9.35. The second-order valence-corrected chi connectivity index (χ2v) is 4.65. The lowest BCUT2D eigenvalue weighted by Gasteiger charge is -2.19. The van der Waals surface area contributed by atoms with E-state index >= 15 is 0 Å². The Kier molecular flexibility index (Phi) is 5.13. The summed E-state index contributed by atoms with van der Waals surface area (Å²) >= 11 is 0. The minimum atomic E-state index is -0.00337. The van der Waals surface area contributed by atoms with E-state index in [0.717, 1.165) is 13.0 Å². The van der Waals surface area contributed by atoms with Crippen LogP contribution in [0.15, 0.2) is 54.6 Å². The van der Waals surface area contributed by atoms with Crippen LogP contribution in [0.4, 0.5) is 0 Å². The van der Waals surface area contributed by atoms with Crippen molar-refractivity contribution in [3.05, 3.63) is 71.3 Å². The summed E-state index contributed by atoms with van der Waals surface area (Å²) in [5.41, 5.74) is 3.72. The predicted molar refractivity (Wildman–Crippen MR) is 78.9 cm³/mol. The highest BCUT2D eigenvalue weighted by molar-refractivity contribution is 5.30. The third kappa shape index (κ3) is 3.66. The van der Waals surface area contributed by atoms with Gasteiger partial charge in [-0.25, -0.2) is 0 Å². The quantitative estimate of drug-likeness (QED) is 0.831. The van der Waals surface area contributed by atoms with Gasteiger partial charge in [0.15, 0.2) is 0 Å². The summed E-state index contributed by atoms with van der Waals surface area (Å²) in [5, 5.41) is 13.0. The molecule has 0 amide bonds. The molecular weight excluding hydrogens is 234 g/mol. The maximum absolute atomic E-state index is 9.61. The summed E-state index contributed by atoms with van der Waals surface area (Å²) in [6.45, 7) is 3.03. The molecule has 2 N–H and O–H groups in total. The molecule has 0 aliphatic carbocycles. The van der Waals surface area contributed by atoms with Crippen LogP contribution >= 0.6 is 0 Å². The Morgan fingerprint density at radius 3 is 2.37 bits per heavy atom. The van der Waals surface area contributed by atoms with Gasteiger partial charge in [0.25, 0.3) is 0 Å². The van der Waals surface area contributed by atoms with E-state index in [0.29, 0.717) is 0 Å². The van der Waals surface area contributed by atoms with Crippen LogP contribution in [-0.4, -0.2) is 11.7 Å². The van der Waals surface area contributed by atoms with Gasteiger partial charge in [-0.1, -0.05) is 61.5 Å². The smallest absolute Gasteiger partial charge is 0.0626 e. The summed E-state index contributed by atoms with van der Waals surface area (Å²) in [5.74, 6) is 0. The van der Waals surface area contributed by atoms with Crippen LogP contribution in [0.1, 0.15) is 29.7 Å². The molecule has 0 aliphatic heterocycles. The van der Waals surface area contributed by atoms with Crippen LogP contribution in [0, 0.1) is 0 Å². The molecule has 1 atom stereocenters. The summed E-state index contributed by atoms with van der Waals surface area (Å²) in [6.07, 6.45) is 0.986. The van der Waals surface area contributed by atoms with Crippen LogP contribution in [0.5, 0.6) is 0 Å². The number of aliphatic hydroxyl groups is 1. The van der Waals surface area contributed by atoms with Gasteiger partial charge in [0.2, 0.25) is 0 Å². The molecule has 0 radical (unpaired) electrons. The Bertz CT molecular complexity index is 496. The van der Waals surface area contributed by atoms with Crippen LogP contribution in [-0.2, 0) is 13.0 Å². The number of hydrogen-bond acceptors (Lipinski definition) is 2. The van der Waals surface area contributed by atoms with Crippen molar-refractivity contribution in [2.75, 3.05) is 6.61 Å². The molecule has 0 aromatic heterocycles. The second kappa shape index (κ2) is 7.07. The van der Waals surface area contributed by atoms with Crippen molar-refractivity contribution in [3.8, 4) is 0 Å². The molecule has 2 rings (SSSR count). The molecule has 19 heavy (non-hydrogen) atoms. The van der Waals surface area contributed by atoms with Crippen molar-refractivity contribution in [1.29, 1.82) is 0 Å². The van der Waals surface area contributed by atoms with Gasteiger partial charge < -0.3 is 10.4 Å². The van der Waals surface area contributed by atoms with E-state index in [9.17, 15) is 5.11 Å². The molecule has 100 valence electrons. The van der Waals surface area contributed by atoms with Crippen molar-refractivity contribution in [2.45, 2.75) is 25.9 Å². The van der Waals surface area contributed by atoms with Gasteiger partial charge in [-0.05, 0) is 23.1 Å². The fourth-order valence-electron chi connectivity index (χ4n) is 2.31. The van der Waals surface area contributed by atoms with Gasteiger partial charge in [-0.15, -0.1) is 0 Å². The van der Waals surface area contributed by atoms with E-state index in [1.807, 2.05) is 30.3 Å². The molecule has 2 heteroatoms. The van der Waals surface area contributed by atoms with Crippen molar-refractivity contribution in [3.63, 3.8) is 0 Å². The average molecular weight is 255 g/mol. The van der Waals surface area contributed by atoms with Gasteiger partial charge in [0.1, 0.15) is 0 Å². The van der Waals surface area contributed by atoms with Crippen LogP contribution < -0.4 is 5.32 Å². The van der Waals surface area contributed by atoms with Gasteiger partial charge in [-0.2, -0.15) is 0 Å². The normalized spacial score (nSPS) is 12.3. The largest absolute Gasteiger partial charge is 0.394 e. The zero-order valence-corrected chi connectivity index (χ0v) is 11.3. The lowest BCUT2D eigenvalue weighted by molar-refractivity contribution is 0.243. The standard InChI is InChI=1S/C17H21NO/c1-2-15-10-6-7-11-16(15)17(13-19)18-12-14-8-4-3-5-9-14/h3-11,17-19H,2,12-13H2,1H3. The molecule has 0 heterocycles. The third-order valence-corrected chi connectivity index (χ3v) is 3.39. The lowest BCUT2D eigenvalue weighted by atomic mass is 9.99. The molecule has 0 saturated carbocycles. The number of aliphatic hydroxyl groups excluding tert-OH is 1. The first kappa shape index (κ1) is 13.8. The van der Waals surface area contributed by atoms with E-state index in [1.165, 1.54) is 16.7 Å². The molecule has 0 fully saturated rings. The van der Waals surface area contributed by atoms with E-state index in [1.54, 1.807) is 0 Å². The fraction of sp³-hybridized carbons (Fsp3) is 0.294. The number of aryl methyl sites for hydroxylation is 1. The van der Waals surface area contributed by atoms with Crippen LogP contribution in [0.2, 0.25) is 0 Å². The van der Waals surface area contributed by atoms with Crippen molar-refractivity contribution >= 4 is 0 Å². The number of benzene rings is 2. The fourth-order valence-corrected chi connectivity index (χ4v) is 2.31. The van der Waals surface area contributed by atoms with E-state index in [-0.39, 0.29) is 12.6 Å². The molecule has 0 saturated heterocycles. The topological polar surface area (TPSA) is 32.3 Å². The van der Waals surface area contributed by atoms with Crippen molar-refractivity contribution in [1.82, 2.24) is 5.32 Å². The predicted octanol–water partition coefficient (Wildman–Crippen LogP) is 3.07. The summed E-state index contributed by atoms with van der Waals surface area (Å²) < 4.78 is 0. The first-order valence-electron chi connectivity index (χ1n) is 6.81. The molecule has 2 aromatic carbocycles. The monoisotopic (exact) mass is 255 g/mol. The molecule has 0 spiro atoms. The van der Waals surface area contributed by atoms with E-state index in [2.05, 4.69) is 36.5 Å². The van der Waals surface area contributed by atoms with Crippen LogP contribution in [0.3, 0.4) is 0 Å². The lowest BCUT2D eigenvalue weighted by Crippen LogP contribution is -2.25. The Morgan fingerprint density at radius 1 is 1.00 bits per heavy atom. The Hall–Kier alpha value is -1.64. The number of hydrogen-bond donors (Lipinski definition) is 2. The van der Waals surface area contributed by atoms with Gasteiger partial charge >= 0.3 is 0 Å². The maximum Gasteiger partial charge on any atom is 0.0626 e. The molecule has 0 aliphatic rings.